The SMILES string of the molecule is Nc1ncc(Oc2ccc(Br)cc2)c(N(O)C2CCCCC2)n1. The van der Waals surface area contributed by atoms with Crippen LogP contribution in [-0.4, -0.2) is 21.2 Å². The second-order valence-corrected chi connectivity index (χ2v) is 6.52. The molecule has 1 heterocycles. The Hall–Kier alpha value is -1.86. The summed E-state index contributed by atoms with van der Waals surface area (Å²) < 4.78 is 6.79. The summed E-state index contributed by atoms with van der Waals surface area (Å²) in [7, 11) is 0. The number of benzene rings is 1. The van der Waals surface area contributed by atoms with Crippen molar-refractivity contribution < 1.29 is 9.94 Å². The maximum absolute atomic E-state index is 10.6. The third-order valence-electron chi connectivity index (χ3n) is 3.93. The van der Waals surface area contributed by atoms with Gasteiger partial charge >= 0.3 is 0 Å². The van der Waals surface area contributed by atoms with Crippen LogP contribution in [0.4, 0.5) is 11.8 Å². The highest BCUT2D eigenvalue weighted by Gasteiger charge is 2.24. The molecule has 122 valence electrons. The van der Waals surface area contributed by atoms with E-state index in [4.69, 9.17) is 10.5 Å². The number of ether oxygens (including phenoxy) is 1. The minimum absolute atomic E-state index is 0.0327. The first-order valence-corrected chi connectivity index (χ1v) is 8.47. The van der Waals surface area contributed by atoms with Gasteiger partial charge in [-0.2, -0.15) is 4.98 Å². The Labute approximate surface area is 143 Å². The Balaban J connectivity index is 1.86. The quantitative estimate of drug-likeness (QED) is 0.777. The first-order chi connectivity index (χ1) is 11.1. The molecule has 1 aromatic carbocycles. The molecular formula is C16H19BrN4O2. The predicted octanol–water partition coefficient (Wildman–Crippen LogP) is 4.14. The van der Waals surface area contributed by atoms with Crippen LogP contribution >= 0.6 is 15.9 Å². The van der Waals surface area contributed by atoms with Gasteiger partial charge < -0.3 is 10.5 Å². The topological polar surface area (TPSA) is 84.5 Å². The van der Waals surface area contributed by atoms with E-state index in [1.807, 2.05) is 24.3 Å². The van der Waals surface area contributed by atoms with Gasteiger partial charge in [-0.1, -0.05) is 35.2 Å². The molecule has 0 atom stereocenters. The number of hydrogen-bond acceptors (Lipinski definition) is 6. The molecule has 23 heavy (non-hydrogen) atoms. The van der Waals surface area contributed by atoms with Crippen LogP contribution in [0, 0.1) is 0 Å². The van der Waals surface area contributed by atoms with Crippen molar-refractivity contribution in [2.24, 2.45) is 0 Å². The third kappa shape index (κ3) is 3.92. The van der Waals surface area contributed by atoms with E-state index in [2.05, 4.69) is 25.9 Å². The van der Waals surface area contributed by atoms with Gasteiger partial charge in [-0.3, -0.25) is 5.21 Å². The molecule has 1 aliphatic rings. The number of nitrogen functional groups attached to an aromatic ring is 1. The fourth-order valence-corrected chi connectivity index (χ4v) is 3.00. The van der Waals surface area contributed by atoms with Gasteiger partial charge in [0.15, 0.2) is 5.75 Å². The van der Waals surface area contributed by atoms with Crippen LogP contribution in [0.2, 0.25) is 0 Å². The van der Waals surface area contributed by atoms with Gasteiger partial charge in [0.1, 0.15) is 5.75 Å². The Kier molecular flexibility index (Phi) is 4.97. The van der Waals surface area contributed by atoms with Crippen molar-refractivity contribution >= 4 is 27.7 Å². The summed E-state index contributed by atoms with van der Waals surface area (Å²) in [5.74, 6) is 1.44. The Bertz CT molecular complexity index is 660. The zero-order valence-electron chi connectivity index (χ0n) is 12.7. The molecule has 0 aliphatic heterocycles. The van der Waals surface area contributed by atoms with Crippen LogP contribution in [0.5, 0.6) is 11.5 Å². The number of halogens is 1. The lowest BCUT2D eigenvalue weighted by molar-refractivity contribution is 0.185. The number of anilines is 2. The second kappa shape index (κ2) is 7.14. The molecule has 1 aliphatic carbocycles. The number of hydroxylamine groups is 1. The van der Waals surface area contributed by atoms with E-state index in [9.17, 15) is 5.21 Å². The Morgan fingerprint density at radius 2 is 1.87 bits per heavy atom. The zero-order chi connectivity index (χ0) is 16.2. The van der Waals surface area contributed by atoms with Crippen molar-refractivity contribution in [3.63, 3.8) is 0 Å². The van der Waals surface area contributed by atoms with Crippen molar-refractivity contribution in [2.45, 2.75) is 38.1 Å². The van der Waals surface area contributed by atoms with Crippen molar-refractivity contribution in [3.8, 4) is 11.5 Å². The monoisotopic (exact) mass is 378 g/mol. The van der Waals surface area contributed by atoms with Crippen molar-refractivity contribution in [3.05, 3.63) is 34.9 Å². The predicted molar refractivity (Wildman–Crippen MR) is 91.8 cm³/mol. The summed E-state index contributed by atoms with van der Waals surface area (Å²) >= 11 is 3.39. The summed E-state index contributed by atoms with van der Waals surface area (Å²) in [6.07, 6.45) is 6.76. The number of hydrogen-bond donors (Lipinski definition) is 2. The minimum Gasteiger partial charge on any atom is -0.452 e. The normalized spacial score (nSPS) is 15.4. The van der Waals surface area contributed by atoms with Gasteiger partial charge in [-0.15, -0.1) is 0 Å². The van der Waals surface area contributed by atoms with Gasteiger partial charge in [0.25, 0.3) is 0 Å². The van der Waals surface area contributed by atoms with E-state index in [0.717, 1.165) is 30.2 Å². The van der Waals surface area contributed by atoms with Gasteiger partial charge in [-0.25, -0.2) is 10.0 Å². The van der Waals surface area contributed by atoms with Crippen molar-refractivity contribution in [2.75, 3.05) is 10.8 Å². The van der Waals surface area contributed by atoms with Crippen molar-refractivity contribution in [1.82, 2.24) is 9.97 Å². The maximum atomic E-state index is 10.6. The minimum atomic E-state index is 0.0327. The van der Waals surface area contributed by atoms with Crippen LogP contribution in [0.15, 0.2) is 34.9 Å². The van der Waals surface area contributed by atoms with E-state index in [1.54, 1.807) is 0 Å². The van der Waals surface area contributed by atoms with Crippen LogP contribution in [0.25, 0.3) is 0 Å². The highest BCUT2D eigenvalue weighted by molar-refractivity contribution is 9.10. The largest absolute Gasteiger partial charge is 0.452 e. The summed E-state index contributed by atoms with van der Waals surface area (Å²) in [5, 5.41) is 11.8. The molecule has 7 heteroatoms. The number of rotatable bonds is 4. The lowest BCUT2D eigenvalue weighted by Crippen LogP contribution is -2.35. The fourth-order valence-electron chi connectivity index (χ4n) is 2.74. The molecule has 1 saturated carbocycles. The van der Waals surface area contributed by atoms with Crippen LogP contribution in [-0.2, 0) is 0 Å². The van der Waals surface area contributed by atoms with Crippen molar-refractivity contribution in [1.29, 1.82) is 0 Å². The average Bonchev–Trinajstić information content (AvgIpc) is 2.58. The summed E-state index contributed by atoms with van der Waals surface area (Å²) in [6.45, 7) is 0. The number of nitrogens with zero attached hydrogens (tertiary/aromatic N) is 3. The lowest BCUT2D eigenvalue weighted by Gasteiger charge is -2.30. The molecule has 2 aromatic rings. The van der Waals surface area contributed by atoms with Crippen LogP contribution in [0.3, 0.4) is 0 Å². The summed E-state index contributed by atoms with van der Waals surface area (Å²) in [6, 6.07) is 7.44. The average molecular weight is 379 g/mol. The smallest absolute Gasteiger partial charge is 0.222 e. The molecule has 0 spiro atoms. The molecule has 0 saturated heterocycles. The van der Waals surface area contributed by atoms with E-state index >= 15 is 0 Å². The third-order valence-corrected chi connectivity index (χ3v) is 4.46. The van der Waals surface area contributed by atoms with Crippen LogP contribution < -0.4 is 15.5 Å². The molecule has 1 fully saturated rings. The number of aromatic nitrogens is 2. The van der Waals surface area contributed by atoms with Gasteiger partial charge in [-0.05, 0) is 37.1 Å². The highest BCUT2D eigenvalue weighted by Crippen LogP contribution is 2.34. The van der Waals surface area contributed by atoms with E-state index in [-0.39, 0.29) is 12.0 Å². The van der Waals surface area contributed by atoms with Gasteiger partial charge in [0.05, 0.1) is 12.2 Å². The zero-order valence-corrected chi connectivity index (χ0v) is 14.2. The summed E-state index contributed by atoms with van der Waals surface area (Å²) in [4.78, 5) is 8.15. The highest BCUT2D eigenvalue weighted by atomic mass is 79.9. The molecule has 0 bridgehead atoms. The van der Waals surface area contributed by atoms with Crippen LogP contribution in [0.1, 0.15) is 32.1 Å². The number of nitrogens with two attached hydrogens (primary N) is 1. The molecule has 0 amide bonds. The molecule has 0 radical (unpaired) electrons. The maximum Gasteiger partial charge on any atom is 0.222 e. The van der Waals surface area contributed by atoms with E-state index < -0.39 is 0 Å². The first kappa shape index (κ1) is 16.0. The molecule has 3 N–H and O–H groups in total. The lowest BCUT2D eigenvalue weighted by atomic mass is 9.95. The standard InChI is InChI=1S/C16H19BrN4O2/c17-11-6-8-13(9-7-11)23-14-10-19-16(18)20-15(14)21(22)12-4-2-1-3-5-12/h6-10,12,22H,1-5H2,(H2,18,19,20). The van der Waals surface area contributed by atoms with E-state index in [1.165, 1.54) is 17.7 Å². The Morgan fingerprint density at radius 3 is 2.57 bits per heavy atom. The Morgan fingerprint density at radius 1 is 1.17 bits per heavy atom. The van der Waals surface area contributed by atoms with Gasteiger partial charge in [0, 0.05) is 4.47 Å². The first-order valence-electron chi connectivity index (χ1n) is 7.67. The van der Waals surface area contributed by atoms with E-state index in [0.29, 0.717) is 17.3 Å². The molecule has 1 aromatic heterocycles. The summed E-state index contributed by atoms with van der Waals surface area (Å²) in [5.41, 5.74) is 5.69. The second-order valence-electron chi connectivity index (χ2n) is 5.61. The fraction of sp³-hybridized carbons (Fsp3) is 0.375. The molecule has 0 unspecified atom stereocenters. The molecule has 6 nitrogen and oxygen atoms in total. The molecule has 3 rings (SSSR count). The molecular weight excluding hydrogens is 360 g/mol. The van der Waals surface area contributed by atoms with Gasteiger partial charge in [0.2, 0.25) is 11.8 Å².